The summed E-state index contributed by atoms with van der Waals surface area (Å²) in [5, 5.41) is 23.1. The Hall–Kier alpha value is -4.80. The molecule has 1 aromatic carbocycles. The third-order valence-corrected chi connectivity index (χ3v) is 9.03. The van der Waals surface area contributed by atoms with E-state index in [1.54, 1.807) is 15.9 Å². The van der Waals surface area contributed by atoms with Crippen LogP contribution in [-0.4, -0.2) is 105 Å². The summed E-state index contributed by atoms with van der Waals surface area (Å²) in [6.45, 7) is 2.94. The molecule has 13 nitrogen and oxygen atoms in total. The smallest absolute Gasteiger partial charge is 0.392 e. The number of nitrogens with zero attached hydrogens (tertiary/aromatic N) is 6. The number of aliphatic hydroxyl groups is 1. The van der Waals surface area contributed by atoms with Gasteiger partial charge in [-0.25, -0.2) is 9.97 Å². The molecular formula is C33H37ClF3N9O4. The number of hydrogen-bond donors (Lipinski definition) is 4. The highest BCUT2D eigenvalue weighted by atomic mass is 35.5. The van der Waals surface area contributed by atoms with Crippen LogP contribution in [0.1, 0.15) is 45.1 Å². The highest BCUT2D eigenvalue weighted by Crippen LogP contribution is 2.29. The van der Waals surface area contributed by atoms with Crippen LogP contribution < -0.4 is 15.5 Å². The Bertz CT molecular complexity index is 1780. The number of alkyl halides is 3. The Morgan fingerprint density at radius 2 is 1.76 bits per heavy atom. The highest BCUT2D eigenvalue weighted by Gasteiger charge is 2.39. The van der Waals surface area contributed by atoms with Gasteiger partial charge in [-0.1, -0.05) is 17.7 Å². The van der Waals surface area contributed by atoms with Gasteiger partial charge in [-0.3, -0.25) is 19.8 Å². The van der Waals surface area contributed by atoms with Gasteiger partial charge in [-0.15, -0.1) is 0 Å². The average molecular weight is 716 g/mol. The zero-order valence-electron chi connectivity index (χ0n) is 27.4. The lowest BCUT2D eigenvalue weighted by Gasteiger charge is -2.37. The number of aliphatic hydroxyl groups excluding tert-OH is 1. The standard InChI is InChI=1S/C33H37ClF3N9O4/c1-43(27-6-3-20(19-47)16-40-27)18-24(28(38)33(35,36)37)26-17-41-29(44(26)2)30(48)42-22-4-5-23(25(34)15-22)32(50)46-13-11-45(12-14-46)31(49)21-7-9-39-10-8-21/h3-6,15-18,21,38-39,47H,7-14,19H2,1-2H3,(H,42,48)/b24-18-,38-28?. The summed E-state index contributed by atoms with van der Waals surface area (Å²) in [6.07, 6.45) is 0.0916. The van der Waals surface area contributed by atoms with Crippen LogP contribution in [0.4, 0.5) is 24.7 Å². The van der Waals surface area contributed by atoms with Crippen molar-refractivity contribution in [1.82, 2.24) is 29.7 Å². The first-order valence-electron chi connectivity index (χ1n) is 15.9. The molecule has 0 bridgehead atoms. The molecule has 2 aliphatic rings. The number of halogens is 4. The van der Waals surface area contributed by atoms with Gasteiger partial charge < -0.3 is 35.0 Å². The summed E-state index contributed by atoms with van der Waals surface area (Å²) in [4.78, 5) is 52.3. The van der Waals surface area contributed by atoms with Crippen molar-refractivity contribution in [3.05, 3.63) is 76.6 Å². The number of hydrogen-bond acceptors (Lipinski definition) is 9. The summed E-state index contributed by atoms with van der Waals surface area (Å²) < 4.78 is 42.5. The Morgan fingerprint density at radius 3 is 2.36 bits per heavy atom. The van der Waals surface area contributed by atoms with E-state index in [-0.39, 0.29) is 57.9 Å². The van der Waals surface area contributed by atoms with E-state index in [4.69, 9.17) is 17.0 Å². The second-order valence-electron chi connectivity index (χ2n) is 12.0. The quantitative estimate of drug-likeness (QED) is 0.245. The van der Waals surface area contributed by atoms with Crippen molar-refractivity contribution in [2.24, 2.45) is 13.0 Å². The van der Waals surface area contributed by atoms with E-state index in [2.05, 4.69) is 20.6 Å². The van der Waals surface area contributed by atoms with Gasteiger partial charge in [0.25, 0.3) is 11.8 Å². The maximum atomic E-state index is 13.8. The number of nitrogens with one attached hydrogen (secondary N) is 3. The summed E-state index contributed by atoms with van der Waals surface area (Å²) in [5.41, 5.74) is -1.44. The Balaban J connectivity index is 1.27. The minimum atomic E-state index is -5.01. The second kappa shape index (κ2) is 15.4. The molecule has 2 aromatic heterocycles. The SMILES string of the molecule is CN(/C=C(\C(=N)C(F)(F)F)c1cnc(C(=O)Nc2ccc(C(=O)N3CCN(C(=O)C4CCNCC4)CC3)c(Cl)c2)n1C)c1ccc(CO)cn1. The van der Waals surface area contributed by atoms with Gasteiger partial charge in [0.05, 0.1) is 29.1 Å². The summed E-state index contributed by atoms with van der Waals surface area (Å²) in [5.74, 6) is -0.957. The number of carbonyl (C=O) groups excluding carboxylic acids is 3. The molecule has 266 valence electrons. The molecular weight excluding hydrogens is 679 g/mol. The monoisotopic (exact) mass is 715 g/mol. The number of carbonyl (C=O) groups is 3. The van der Waals surface area contributed by atoms with Crippen LogP contribution in [0.25, 0.3) is 5.57 Å². The number of amides is 3. The molecule has 2 fully saturated rings. The van der Waals surface area contributed by atoms with Gasteiger partial charge in [0.1, 0.15) is 11.5 Å². The lowest BCUT2D eigenvalue weighted by molar-refractivity contribution is -0.137. The van der Waals surface area contributed by atoms with E-state index in [0.717, 1.165) is 42.9 Å². The van der Waals surface area contributed by atoms with Gasteiger partial charge in [0.15, 0.2) is 5.82 Å². The van der Waals surface area contributed by atoms with E-state index < -0.39 is 23.4 Å². The molecule has 0 aliphatic carbocycles. The van der Waals surface area contributed by atoms with Crippen LogP contribution in [0, 0.1) is 11.3 Å². The number of piperazine rings is 1. The zero-order chi connectivity index (χ0) is 36.2. The molecule has 0 unspecified atom stereocenters. The molecule has 0 atom stereocenters. The number of piperidine rings is 1. The number of rotatable bonds is 9. The third kappa shape index (κ3) is 8.14. The number of anilines is 2. The van der Waals surface area contributed by atoms with E-state index in [1.165, 1.54) is 49.5 Å². The van der Waals surface area contributed by atoms with E-state index in [0.29, 0.717) is 31.7 Å². The molecule has 5 rings (SSSR count). The Kier molecular flexibility index (Phi) is 11.2. The molecule has 3 aromatic rings. The van der Waals surface area contributed by atoms with E-state index in [1.807, 2.05) is 0 Å². The summed E-state index contributed by atoms with van der Waals surface area (Å²) in [7, 11) is 2.79. The van der Waals surface area contributed by atoms with Crippen LogP contribution in [0.3, 0.4) is 0 Å². The fourth-order valence-electron chi connectivity index (χ4n) is 5.84. The largest absolute Gasteiger partial charge is 0.433 e. The van der Waals surface area contributed by atoms with Gasteiger partial charge in [-0.05, 0) is 55.8 Å². The third-order valence-electron chi connectivity index (χ3n) is 8.72. The molecule has 4 N–H and O–H groups in total. The lowest BCUT2D eigenvalue weighted by atomic mass is 9.96. The molecule has 0 saturated carbocycles. The van der Waals surface area contributed by atoms with Crippen molar-refractivity contribution in [2.75, 3.05) is 56.5 Å². The van der Waals surface area contributed by atoms with Crippen LogP contribution in [0.2, 0.25) is 5.02 Å². The fraction of sp³-hybridized carbons (Fsp3) is 0.394. The van der Waals surface area contributed by atoms with Crippen molar-refractivity contribution in [3.63, 3.8) is 0 Å². The normalized spacial score (nSPS) is 15.9. The predicted octanol–water partition coefficient (Wildman–Crippen LogP) is 3.56. The molecule has 0 radical (unpaired) electrons. The second-order valence-corrected chi connectivity index (χ2v) is 12.4. The Morgan fingerprint density at radius 1 is 1.08 bits per heavy atom. The summed E-state index contributed by atoms with van der Waals surface area (Å²) >= 11 is 6.47. The molecule has 17 heteroatoms. The minimum absolute atomic E-state index is 0.00105. The topological polar surface area (TPSA) is 160 Å². The fourth-order valence-corrected chi connectivity index (χ4v) is 6.10. The molecule has 4 heterocycles. The molecule has 0 spiro atoms. The van der Waals surface area contributed by atoms with Crippen molar-refractivity contribution in [1.29, 1.82) is 5.41 Å². The average Bonchev–Trinajstić information content (AvgIpc) is 3.50. The van der Waals surface area contributed by atoms with Crippen LogP contribution in [-0.2, 0) is 18.4 Å². The lowest BCUT2D eigenvalue weighted by Crippen LogP contribution is -2.52. The molecule has 50 heavy (non-hydrogen) atoms. The number of imidazole rings is 1. The van der Waals surface area contributed by atoms with Gasteiger partial charge in [0.2, 0.25) is 5.91 Å². The minimum Gasteiger partial charge on any atom is -0.392 e. The van der Waals surface area contributed by atoms with Gasteiger partial charge >= 0.3 is 6.18 Å². The number of pyridine rings is 1. The number of benzene rings is 1. The highest BCUT2D eigenvalue weighted by molar-refractivity contribution is 6.34. The molecule has 2 aliphatic heterocycles. The van der Waals surface area contributed by atoms with Crippen LogP contribution in [0.5, 0.6) is 0 Å². The van der Waals surface area contributed by atoms with E-state index >= 15 is 0 Å². The van der Waals surface area contributed by atoms with Crippen molar-refractivity contribution >= 4 is 52.1 Å². The van der Waals surface area contributed by atoms with Gasteiger partial charge in [-0.2, -0.15) is 13.2 Å². The van der Waals surface area contributed by atoms with Crippen LogP contribution >= 0.6 is 11.6 Å². The maximum Gasteiger partial charge on any atom is 0.433 e. The first kappa shape index (κ1) is 36.5. The maximum absolute atomic E-state index is 13.8. The number of allylic oxidation sites excluding steroid dienone is 1. The first-order valence-corrected chi connectivity index (χ1v) is 16.2. The van der Waals surface area contributed by atoms with Crippen LogP contribution in [0.15, 0.2) is 48.9 Å². The van der Waals surface area contributed by atoms with Gasteiger partial charge in [0, 0.05) is 69.8 Å². The summed E-state index contributed by atoms with van der Waals surface area (Å²) in [6, 6.07) is 7.40. The predicted molar refractivity (Wildman–Crippen MR) is 181 cm³/mol. The molecule has 2 saturated heterocycles. The number of aromatic nitrogens is 3. The Labute approximate surface area is 291 Å². The van der Waals surface area contributed by atoms with Crippen molar-refractivity contribution in [3.8, 4) is 0 Å². The van der Waals surface area contributed by atoms with E-state index in [9.17, 15) is 32.7 Å². The zero-order valence-corrected chi connectivity index (χ0v) is 28.2. The molecule has 3 amide bonds. The van der Waals surface area contributed by atoms with Crippen molar-refractivity contribution in [2.45, 2.75) is 25.6 Å². The van der Waals surface area contributed by atoms with Crippen molar-refractivity contribution < 1.29 is 32.7 Å². The first-order chi connectivity index (χ1) is 23.8.